The van der Waals surface area contributed by atoms with Crippen molar-refractivity contribution in [1.82, 2.24) is 9.80 Å². The molecule has 10 heteroatoms. The molecule has 2 aromatic carbocycles. The molecule has 2 heterocycles. The van der Waals surface area contributed by atoms with Crippen LogP contribution in [-0.2, 0) is 14.6 Å². The van der Waals surface area contributed by atoms with E-state index in [4.69, 9.17) is 17.3 Å². The molecule has 2 N–H and O–H groups in total. The fourth-order valence-electron chi connectivity index (χ4n) is 4.24. The minimum absolute atomic E-state index is 0.0295. The van der Waals surface area contributed by atoms with Crippen molar-refractivity contribution in [1.29, 1.82) is 0 Å². The molecule has 0 unspecified atom stereocenters. The van der Waals surface area contributed by atoms with Crippen LogP contribution in [0.4, 0.5) is 9.18 Å². The molecule has 170 valence electrons. The summed E-state index contributed by atoms with van der Waals surface area (Å²) in [5, 5.41) is 0.225. The Bertz CT molecular complexity index is 1200. The molecule has 7 nitrogen and oxygen atoms in total. The highest BCUT2D eigenvalue weighted by Gasteiger charge is 2.38. The number of hydrogen-bond donors (Lipinski definition) is 1. The number of sulfone groups is 1. The zero-order chi connectivity index (χ0) is 23.2. The van der Waals surface area contributed by atoms with Gasteiger partial charge < -0.3 is 15.5 Å². The SMILES string of the molecule is CS(=O)(=O)c1cc(C2CN(C(=O)N3CC[C@H](C(N)=O)C3)C2)ccc1-c1ccc(Cl)cc1F. The molecular formula is C22H23ClFN3O4S. The van der Waals surface area contributed by atoms with Gasteiger partial charge in [-0.1, -0.05) is 23.7 Å². The zero-order valence-corrected chi connectivity index (χ0v) is 19.0. The van der Waals surface area contributed by atoms with Crippen LogP contribution in [0.5, 0.6) is 0 Å². The van der Waals surface area contributed by atoms with Crippen molar-refractivity contribution in [3.63, 3.8) is 0 Å². The van der Waals surface area contributed by atoms with Gasteiger partial charge in [-0.3, -0.25) is 4.79 Å². The molecule has 2 aliphatic heterocycles. The maximum absolute atomic E-state index is 14.4. The number of carbonyl (C=O) groups is 2. The molecule has 0 radical (unpaired) electrons. The van der Waals surface area contributed by atoms with Crippen LogP contribution in [0, 0.1) is 11.7 Å². The molecular weight excluding hydrogens is 457 g/mol. The summed E-state index contributed by atoms with van der Waals surface area (Å²) >= 11 is 5.82. The molecule has 0 bridgehead atoms. The lowest BCUT2D eigenvalue weighted by Gasteiger charge is -2.41. The van der Waals surface area contributed by atoms with E-state index in [2.05, 4.69) is 0 Å². The van der Waals surface area contributed by atoms with Gasteiger partial charge in [-0.05, 0) is 36.2 Å². The number of hydrogen-bond acceptors (Lipinski definition) is 4. The second kappa shape index (κ2) is 8.37. The van der Waals surface area contributed by atoms with Crippen LogP contribution in [0.25, 0.3) is 11.1 Å². The first-order valence-electron chi connectivity index (χ1n) is 10.2. The van der Waals surface area contributed by atoms with E-state index in [0.29, 0.717) is 32.6 Å². The van der Waals surface area contributed by atoms with E-state index in [1.807, 2.05) is 0 Å². The standard InChI is InChI=1S/C22H23ClFN3O4S/c1-32(30,31)20-8-13(2-4-18(20)17-5-3-16(23)9-19(17)24)15-11-27(12-15)22(29)26-7-6-14(10-26)21(25)28/h2-5,8-9,14-15H,6-7,10-12H2,1H3,(H2,25,28)/t14-/m0/s1. The van der Waals surface area contributed by atoms with Crippen molar-refractivity contribution in [3.8, 4) is 11.1 Å². The maximum atomic E-state index is 14.4. The lowest BCUT2D eigenvalue weighted by atomic mass is 9.90. The van der Waals surface area contributed by atoms with Crippen LogP contribution >= 0.6 is 11.6 Å². The Morgan fingerprint density at radius 2 is 1.75 bits per heavy atom. The third-order valence-corrected chi connectivity index (χ3v) is 7.48. The van der Waals surface area contributed by atoms with E-state index < -0.39 is 21.6 Å². The second-order valence-electron chi connectivity index (χ2n) is 8.37. The van der Waals surface area contributed by atoms with Gasteiger partial charge in [-0.15, -0.1) is 0 Å². The van der Waals surface area contributed by atoms with E-state index in [-0.39, 0.29) is 38.9 Å². The third-order valence-electron chi connectivity index (χ3n) is 6.11. The average molecular weight is 480 g/mol. The molecule has 4 rings (SSSR count). The van der Waals surface area contributed by atoms with Gasteiger partial charge in [0.2, 0.25) is 5.91 Å². The maximum Gasteiger partial charge on any atom is 0.320 e. The highest BCUT2D eigenvalue weighted by molar-refractivity contribution is 7.90. The van der Waals surface area contributed by atoms with Gasteiger partial charge in [0.25, 0.3) is 0 Å². The minimum Gasteiger partial charge on any atom is -0.369 e. The first-order chi connectivity index (χ1) is 15.0. The molecule has 3 amide bonds. The van der Waals surface area contributed by atoms with Crippen LogP contribution in [0.2, 0.25) is 5.02 Å². The fraction of sp³-hybridized carbons (Fsp3) is 0.364. The minimum atomic E-state index is -3.64. The van der Waals surface area contributed by atoms with Crippen molar-refractivity contribution in [2.24, 2.45) is 11.7 Å². The van der Waals surface area contributed by atoms with Gasteiger partial charge >= 0.3 is 6.03 Å². The van der Waals surface area contributed by atoms with Gasteiger partial charge in [0.1, 0.15) is 5.82 Å². The summed E-state index contributed by atoms with van der Waals surface area (Å²) < 4.78 is 39.4. The fourth-order valence-corrected chi connectivity index (χ4v) is 5.33. The van der Waals surface area contributed by atoms with Crippen molar-refractivity contribution in [2.75, 3.05) is 32.4 Å². The van der Waals surface area contributed by atoms with Crippen molar-refractivity contribution < 1.29 is 22.4 Å². The van der Waals surface area contributed by atoms with Crippen LogP contribution < -0.4 is 5.73 Å². The topological polar surface area (TPSA) is 101 Å². The summed E-state index contributed by atoms with van der Waals surface area (Å²) in [6, 6.07) is 8.90. The first kappa shape index (κ1) is 22.5. The summed E-state index contributed by atoms with van der Waals surface area (Å²) in [5.41, 5.74) is 6.53. The second-order valence-corrected chi connectivity index (χ2v) is 10.8. The van der Waals surface area contributed by atoms with Gasteiger partial charge in [-0.25, -0.2) is 17.6 Å². The molecule has 0 aliphatic carbocycles. The quantitative estimate of drug-likeness (QED) is 0.728. The van der Waals surface area contributed by atoms with Gasteiger partial charge in [0, 0.05) is 54.5 Å². The number of halogens is 2. The van der Waals surface area contributed by atoms with E-state index in [1.54, 1.807) is 28.0 Å². The number of primary amides is 1. The number of carbonyl (C=O) groups excluding carboxylic acids is 2. The van der Waals surface area contributed by atoms with Gasteiger partial charge in [0.15, 0.2) is 9.84 Å². The lowest BCUT2D eigenvalue weighted by molar-refractivity contribution is -0.121. The average Bonchev–Trinajstić information content (AvgIpc) is 3.17. The van der Waals surface area contributed by atoms with E-state index in [1.165, 1.54) is 12.1 Å². The summed E-state index contributed by atoms with van der Waals surface area (Å²) in [4.78, 5) is 27.3. The lowest BCUT2D eigenvalue weighted by Crippen LogP contribution is -2.53. The third kappa shape index (κ3) is 4.31. The number of urea groups is 1. The molecule has 0 spiro atoms. The smallest absolute Gasteiger partial charge is 0.320 e. The predicted octanol–water partition coefficient (Wildman–Crippen LogP) is 2.88. The van der Waals surface area contributed by atoms with Crippen LogP contribution in [0.1, 0.15) is 17.9 Å². The molecule has 0 aromatic heterocycles. The number of benzene rings is 2. The van der Waals surface area contributed by atoms with E-state index in [0.717, 1.165) is 17.9 Å². The Kier molecular flexibility index (Phi) is 5.89. The molecule has 1 atom stereocenters. The Balaban J connectivity index is 1.52. The largest absolute Gasteiger partial charge is 0.369 e. The molecule has 0 saturated carbocycles. The van der Waals surface area contributed by atoms with E-state index >= 15 is 0 Å². The first-order valence-corrected chi connectivity index (χ1v) is 12.4. The highest BCUT2D eigenvalue weighted by atomic mass is 35.5. The van der Waals surface area contributed by atoms with Crippen LogP contribution in [0.15, 0.2) is 41.3 Å². The van der Waals surface area contributed by atoms with Crippen molar-refractivity contribution in [3.05, 3.63) is 52.8 Å². The molecule has 2 fully saturated rings. The van der Waals surface area contributed by atoms with Crippen LogP contribution in [-0.4, -0.2) is 62.6 Å². The van der Waals surface area contributed by atoms with Gasteiger partial charge in [-0.2, -0.15) is 0 Å². The molecule has 32 heavy (non-hydrogen) atoms. The highest BCUT2D eigenvalue weighted by Crippen LogP contribution is 2.36. The van der Waals surface area contributed by atoms with E-state index in [9.17, 15) is 22.4 Å². The van der Waals surface area contributed by atoms with Crippen molar-refractivity contribution in [2.45, 2.75) is 17.2 Å². The number of rotatable bonds is 4. The zero-order valence-electron chi connectivity index (χ0n) is 17.4. The molecule has 2 aliphatic rings. The number of likely N-dealkylation sites (tertiary alicyclic amines) is 2. The summed E-state index contributed by atoms with van der Waals surface area (Å²) in [5.74, 6) is -1.34. The van der Waals surface area contributed by atoms with Crippen molar-refractivity contribution >= 4 is 33.4 Å². The van der Waals surface area contributed by atoms with Gasteiger partial charge in [0.05, 0.1) is 10.8 Å². The number of nitrogens with zero attached hydrogens (tertiary/aromatic N) is 2. The molecule has 2 saturated heterocycles. The Labute approximate surface area is 190 Å². The normalized spacial score (nSPS) is 19.2. The number of amides is 3. The predicted molar refractivity (Wildman–Crippen MR) is 119 cm³/mol. The summed E-state index contributed by atoms with van der Waals surface area (Å²) in [6.45, 7) is 1.70. The Morgan fingerprint density at radius 1 is 1.06 bits per heavy atom. The summed E-state index contributed by atoms with van der Waals surface area (Å²) in [7, 11) is -3.64. The summed E-state index contributed by atoms with van der Waals surface area (Å²) in [6.07, 6.45) is 1.65. The Morgan fingerprint density at radius 3 is 2.34 bits per heavy atom. The number of nitrogens with two attached hydrogens (primary N) is 1. The molecule has 2 aromatic rings. The Hall–Kier alpha value is -2.65. The monoisotopic (exact) mass is 479 g/mol. The van der Waals surface area contributed by atoms with Crippen LogP contribution in [0.3, 0.4) is 0 Å².